The van der Waals surface area contributed by atoms with Crippen LogP contribution in [-0.4, -0.2) is 11.9 Å². The van der Waals surface area contributed by atoms with Gasteiger partial charge in [0.2, 0.25) is 6.04 Å². The zero-order chi connectivity index (χ0) is 9.68. The molecule has 1 rings (SSSR count). The summed E-state index contributed by atoms with van der Waals surface area (Å²) >= 11 is 0. The zero-order valence-corrected chi connectivity index (χ0v) is 6.52. The molecule has 0 aliphatic heterocycles. The van der Waals surface area contributed by atoms with Gasteiger partial charge in [0.05, 0.1) is 6.26 Å². The predicted molar refractivity (Wildman–Crippen MR) is 41.2 cm³/mol. The van der Waals surface area contributed by atoms with E-state index in [0.717, 1.165) is 0 Å². The Morgan fingerprint density at radius 3 is 2.69 bits per heavy atom. The van der Waals surface area contributed by atoms with Gasteiger partial charge in [-0.25, -0.2) is 0 Å². The van der Waals surface area contributed by atoms with Crippen LogP contribution in [0.15, 0.2) is 22.8 Å². The SMILES string of the molecule is N#CC(C#N)NC(=O)c1ccco1. The van der Waals surface area contributed by atoms with Crippen molar-refractivity contribution < 1.29 is 9.21 Å². The van der Waals surface area contributed by atoms with Crippen LogP contribution in [-0.2, 0) is 0 Å². The van der Waals surface area contributed by atoms with Crippen LogP contribution in [0.4, 0.5) is 0 Å². The molecule has 1 N–H and O–H groups in total. The second-order valence-electron chi connectivity index (χ2n) is 2.14. The summed E-state index contributed by atoms with van der Waals surface area (Å²) in [6, 6.07) is 5.07. The molecule has 0 bridgehead atoms. The number of amides is 1. The van der Waals surface area contributed by atoms with Crippen LogP contribution in [0.25, 0.3) is 0 Å². The van der Waals surface area contributed by atoms with Crippen molar-refractivity contribution in [3.8, 4) is 12.1 Å². The number of carbonyl (C=O) groups is 1. The van der Waals surface area contributed by atoms with Gasteiger partial charge in [0.15, 0.2) is 5.76 Å². The van der Waals surface area contributed by atoms with E-state index in [-0.39, 0.29) is 5.76 Å². The molecule has 0 aromatic carbocycles. The van der Waals surface area contributed by atoms with Crippen molar-refractivity contribution in [1.82, 2.24) is 5.32 Å². The van der Waals surface area contributed by atoms with Gasteiger partial charge in [-0.1, -0.05) is 0 Å². The highest BCUT2D eigenvalue weighted by atomic mass is 16.3. The number of rotatable bonds is 2. The maximum Gasteiger partial charge on any atom is 0.288 e. The summed E-state index contributed by atoms with van der Waals surface area (Å²) in [5.41, 5.74) is 0. The number of hydrogen-bond donors (Lipinski definition) is 1. The van der Waals surface area contributed by atoms with E-state index in [9.17, 15) is 4.79 Å². The van der Waals surface area contributed by atoms with Gasteiger partial charge in [-0.05, 0) is 12.1 Å². The first-order chi connectivity index (χ1) is 6.27. The number of carbonyl (C=O) groups excluding carboxylic acids is 1. The van der Waals surface area contributed by atoms with Crippen molar-refractivity contribution >= 4 is 5.91 Å². The lowest BCUT2D eigenvalue weighted by molar-refractivity contribution is 0.0924. The number of nitrogens with zero attached hydrogens (tertiary/aromatic N) is 2. The molecule has 0 unspecified atom stereocenters. The average Bonchev–Trinajstić information content (AvgIpc) is 2.66. The minimum absolute atomic E-state index is 0.0792. The van der Waals surface area contributed by atoms with E-state index < -0.39 is 11.9 Å². The molecule has 0 saturated carbocycles. The largest absolute Gasteiger partial charge is 0.459 e. The summed E-state index contributed by atoms with van der Waals surface area (Å²) in [7, 11) is 0. The topological polar surface area (TPSA) is 89.8 Å². The summed E-state index contributed by atoms with van der Waals surface area (Å²) < 4.78 is 4.75. The first-order valence-electron chi connectivity index (χ1n) is 3.41. The van der Waals surface area contributed by atoms with Crippen LogP contribution >= 0.6 is 0 Å². The van der Waals surface area contributed by atoms with E-state index in [4.69, 9.17) is 14.9 Å². The van der Waals surface area contributed by atoms with Crippen LogP contribution in [0.2, 0.25) is 0 Å². The first-order valence-corrected chi connectivity index (χ1v) is 3.41. The van der Waals surface area contributed by atoms with Crippen molar-refractivity contribution in [3.05, 3.63) is 24.2 Å². The van der Waals surface area contributed by atoms with Gasteiger partial charge in [-0.2, -0.15) is 10.5 Å². The van der Waals surface area contributed by atoms with E-state index in [1.54, 1.807) is 18.2 Å². The highest BCUT2D eigenvalue weighted by molar-refractivity contribution is 5.91. The van der Waals surface area contributed by atoms with Crippen molar-refractivity contribution in [3.63, 3.8) is 0 Å². The first kappa shape index (κ1) is 8.82. The monoisotopic (exact) mass is 175 g/mol. The summed E-state index contributed by atoms with van der Waals surface area (Å²) in [5.74, 6) is -0.492. The smallest absolute Gasteiger partial charge is 0.288 e. The molecule has 0 radical (unpaired) electrons. The Morgan fingerprint density at radius 1 is 1.54 bits per heavy atom. The number of furan rings is 1. The Bertz CT molecular complexity index is 355. The quantitative estimate of drug-likeness (QED) is 0.705. The van der Waals surface area contributed by atoms with Crippen molar-refractivity contribution in [1.29, 1.82) is 10.5 Å². The molecule has 1 heterocycles. The molecule has 5 nitrogen and oxygen atoms in total. The molecule has 13 heavy (non-hydrogen) atoms. The lowest BCUT2D eigenvalue weighted by Gasteiger charge is -2.00. The van der Waals surface area contributed by atoms with Crippen LogP contribution in [0.3, 0.4) is 0 Å². The van der Waals surface area contributed by atoms with Gasteiger partial charge < -0.3 is 9.73 Å². The lowest BCUT2D eigenvalue weighted by atomic mass is 10.3. The van der Waals surface area contributed by atoms with Crippen molar-refractivity contribution in [2.45, 2.75) is 6.04 Å². The Morgan fingerprint density at radius 2 is 2.23 bits per heavy atom. The molecule has 0 spiro atoms. The molecule has 5 heteroatoms. The minimum Gasteiger partial charge on any atom is -0.459 e. The molecule has 1 amide bonds. The fraction of sp³-hybridized carbons (Fsp3) is 0.125. The van der Waals surface area contributed by atoms with Gasteiger partial charge >= 0.3 is 0 Å². The molecule has 0 aliphatic rings. The fourth-order valence-corrected chi connectivity index (χ4v) is 0.703. The minimum atomic E-state index is -1.14. The maximum absolute atomic E-state index is 11.1. The van der Waals surface area contributed by atoms with Crippen LogP contribution in [0, 0.1) is 22.7 Å². The van der Waals surface area contributed by atoms with Crippen LogP contribution in [0.5, 0.6) is 0 Å². The second kappa shape index (κ2) is 3.93. The summed E-state index contributed by atoms with van der Waals surface area (Å²) in [5, 5.41) is 18.9. The molecule has 0 saturated heterocycles. The molecular weight excluding hydrogens is 170 g/mol. The Hall–Kier alpha value is -2.27. The molecular formula is C8H5N3O2. The van der Waals surface area contributed by atoms with E-state index in [2.05, 4.69) is 5.32 Å². The number of hydrogen-bond acceptors (Lipinski definition) is 4. The molecule has 0 aliphatic carbocycles. The van der Waals surface area contributed by atoms with E-state index in [1.807, 2.05) is 0 Å². The van der Waals surface area contributed by atoms with Crippen molar-refractivity contribution in [2.75, 3.05) is 0 Å². The summed E-state index contributed by atoms with van der Waals surface area (Å²) in [6.45, 7) is 0. The van der Waals surface area contributed by atoms with Crippen molar-refractivity contribution in [2.24, 2.45) is 0 Å². The molecule has 1 aromatic rings. The maximum atomic E-state index is 11.1. The van der Waals surface area contributed by atoms with Gasteiger partial charge in [0.1, 0.15) is 12.1 Å². The van der Waals surface area contributed by atoms with Gasteiger partial charge in [-0.3, -0.25) is 4.79 Å². The zero-order valence-electron chi connectivity index (χ0n) is 6.52. The second-order valence-corrected chi connectivity index (χ2v) is 2.14. The third kappa shape index (κ3) is 2.08. The predicted octanol–water partition coefficient (Wildman–Crippen LogP) is 0.425. The molecule has 0 fully saturated rings. The number of nitrogens with one attached hydrogen (secondary N) is 1. The summed E-state index contributed by atoms with van der Waals surface area (Å²) in [6.07, 6.45) is 1.34. The fourth-order valence-electron chi connectivity index (χ4n) is 0.703. The number of nitriles is 2. The molecule has 1 aromatic heterocycles. The van der Waals surface area contributed by atoms with Crippen LogP contribution < -0.4 is 5.32 Å². The van der Waals surface area contributed by atoms with E-state index in [0.29, 0.717) is 0 Å². The summed E-state index contributed by atoms with van der Waals surface area (Å²) in [4.78, 5) is 11.1. The Balaban J connectivity index is 2.63. The van der Waals surface area contributed by atoms with Gasteiger partial charge in [-0.15, -0.1) is 0 Å². The Labute approximate surface area is 74.2 Å². The third-order valence-corrected chi connectivity index (χ3v) is 1.28. The van der Waals surface area contributed by atoms with Crippen LogP contribution in [0.1, 0.15) is 10.6 Å². The normalized spacial score (nSPS) is 8.85. The van der Waals surface area contributed by atoms with Gasteiger partial charge in [0, 0.05) is 0 Å². The lowest BCUT2D eigenvalue weighted by Crippen LogP contribution is -2.32. The van der Waals surface area contributed by atoms with E-state index in [1.165, 1.54) is 12.3 Å². The third-order valence-electron chi connectivity index (χ3n) is 1.28. The highest BCUT2D eigenvalue weighted by Crippen LogP contribution is 1.99. The standard InChI is InChI=1S/C8H5N3O2/c9-4-6(5-10)11-8(12)7-2-1-3-13-7/h1-3,6H,(H,11,12). The molecule has 64 valence electrons. The highest BCUT2D eigenvalue weighted by Gasteiger charge is 2.13. The van der Waals surface area contributed by atoms with Gasteiger partial charge in [0.25, 0.3) is 5.91 Å². The van der Waals surface area contributed by atoms with E-state index >= 15 is 0 Å². The average molecular weight is 175 g/mol. The molecule has 0 atom stereocenters. The Kier molecular flexibility index (Phi) is 2.67.